The van der Waals surface area contributed by atoms with Gasteiger partial charge >= 0.3 is 0 Å². The van der Waals surface area contributed by atoms with E-state index in [0.29, 0.717) is 6.61 Å². The minimum Gasteiger partial charge on any atom is -0.475 e. The first-order valence-corrected chi connectivity index (χ1v) is 4.16. The smallest absolute Gasteiger partial charge is 0.209 e. The quantitative estimate of drug-likeness (QED) is 0.575. The summed E-state index contributed by atoms with van der Waals surface area (Å²) in [4.78, 5) is 4.37. The van der Waals surface area contributed by atoms with Crippen LogP contribution in [-0.4, -0.2) is 18.0 Å². The second kappa shape index (κ2) is 3.57. The van der Waals surface area contributed by atoms with Crippen molar-refractivity contribution in [1.82, 2.24) is 0 Å². The molecular formula is C10H15NO. The van der Waals surface area contributed by atoms with Gasteiger partial charge in [-0.3, -0.25) is 0 Å². The van der Waals surface area contributed by atoms with Crippen molar-refractivity contribution in [2.24, 2.45) is 4.99 Å². The minimum atomic E-state index is -0.0460. The predicted molar refractivity (Wildman–Crippen MR) is 51.4 cm³/mol. The lowest BCUT2D eigenvalue weighted by molar-refractivity contribution is 0.280. The van der Waals surface area contributed by atoms with E-state index in [1.807, 2.05) is 31.2 Å². The molecule has 0 aromatic carbocycles. The van der Waals surface area contributed by atoms with E-state index in [0.717, 1.165) is 5.90 Å². The maximum Gasteiger partial charge on any atom is 0.209 e. The fraction of sp³-hybridized carbons (Fsp3) is 0.500. The highest BCUT2D eigenvalue weighted by Crippen LogP contribution is 2.16. The number of aliphatic imine (C=N–C) groups is 1. The van der Waals surface area contributed by atoms with E-state index in [4.69, 9.17) is 4.74 Å². The Balaban J connectivity index is 2.56. The van der Waals surface area contributed by atoms with Crippen LogP contribution in [-0.2, 0) is 4.74 Å². The minimum absolute atomic E-state index is 0.0460. The zero-order chi connectivity index (χ0) is 9.03. The molecule has 0 saturated carbocycles. The first kappa shape index (κ1) is 9.04. The Kier molecular flexibility index (Phi) is 2.69. The summed E-state index contributed by atoms with van der Waals surface area (Å²) in [6.07, 6.45) is 7.74. The van der Waals surface area contributed by atoms with Crippen molar-refractivity contribution < 1.29 is 4.74 Å². The number of hydrogen-bond donors (Lipinski definition) is 0. The maximum absolute atomic E-state index is 5.34. The molecule has 2 heteroatoms. The second-order valence-corrected chi connectivity index (χ2v) is 3.44. The molecule has 66 valence electrons. The van der Waals surface area contributed by atoms with Crippen molar-refractivity contribution in [2.45, 2.75) is 26.3 Å². The van der Waals surface area contributed by atoms with E-state index in [1.165, 1.54) is 0 Å². The van der Waals surface area contributed by atoms with Crippen LogP contribution in [0.2, 0.25) is 0 Å². The third-order valence-electron chi connectivity index (χ3n) is 1.53. The molecule has 0 aromatic rings. The fourth-order valence-corrected chi connectivity index (χ4v) is 0.948. The van der Waals surface area contributed by atoms with Crippen LogP contribution in [0.5, 0.6) is 0 Å². The Labute approximate surface area is 73.6 Å². The summed E-state index contributed by atoms with van der Waals surface area (Å²) in [5, 5.41) is 0. The van der Waals surface area contributed by atoms with Gasteiger partial charge in [-0.25, -0.2) is 4.99 Å². The van der Waals surface area contributed by atoms with E-state index in [1.54, 1.807) is 0 Å². The lowest BCUT2D eigenvalue weighted by Gasteiger charge is -2.07. The Morgan fingerprint density at radius 1 is 1.42 bits per heavy atom. The third-order valence-corrected chi connectivity index (χ3v) is 1.53. The Morgan fingerprint density at radius 3 is 2.67 bits per heavy atom. The topological polar surface area (TPSA) is 21.6 Å². The van der Waals surface area contributed by atoms with Crippen LogP contribution < -0.4 is 0 Å². The third kappa shape index (κ3) is 2.53. The van der Waals surface area contributed by atoms with Gasteiger partial charge in [0.1, 0.15) is 6.61 Å². The standard InChI is InChI=1S/C10H15NO/c1-4-5-6-7-9-11-10(2,3)8-12-9/h4-7H,8H2,1-3H3/b5-4+,7-6+. The zero-order valence-electron chi connectivity index (χ0n) is 7.87. The monoisotopic (exact) mass is 165 g/mol. The molecule has 1 aliphatic heterocycles. The van der Waals surface area contributed by atoms with Crippen LogP contribution in [0.1, 0.15) is 20.8 Å². The molecule has 12 heavy (non-hydrogen) atoms. The normalized spacial score (nSPS) is 21.8. The average Bonchev–Trinajstić information content (AvgIpc) is 2.31. The predicted octanol–water partition coefficient (Wildman–Crippen LogP) is 2.33. The van der Waals surface area contributed by atoms with Gasteiger partial charge in [-0.05, 0) is 26.8 Å². The summed E-state index contributed by atoms with van der Waals surface area (Å²) >= 11 is 0. The van der Waals surface area contributed by atoms with Crippen LogP contribution in [0.25, 0.3) is 0 Å². The molecule has 0 spiro atoms. The number of rotatable bonds is 2. The van der Waals surface area contributed by atoms with Crippen molar-refractivity contribution in [3.63, 3.8) is 0 Å². The summed E-state index contributed by atoms with van der Waals surface area (Å²) in [5.41, 5.74) is -0.0460. The molecule has 0 atom stereocenters. The molecule has 0 amide bonds. The van der Waals surface area contributed by atoms with E-state index >= 15 is 0 Å². The highest BCUT2D eigenvalue weighted by Gasteiger charge is 2.24. The maximum atomic E-state index is 5.34. The van der Waals surface area contributed by atoms with E-state index in [-0.39, 0.29) is 5.54 Å². The van der Waals surface area contributed by atoms with Crippen LogP contribution in [0, 0.1) is 0 Å². The van der Waals surface area contributed by atoms with Gasteiger partial charge in [0.05, 0.1) is 5.54 Å². The molecule has 0 unspecified atom stereocenters. The summed E-state index contributed by atoms with van der Waals surface area (Å²) in [6, 6.07) is 0. The summed E-state index contributed by atoms with van der Waals surface area (Å²) in [7, 11) is 0. The Hall–Kier alpha value is -1.05. The van der Waals surface area contributed by atoms with Gasteiger partial charge in [0.15, 0.2) is 0 Å². The van der Waals surface area contributed by atoms with Crippen molar-refractivity contribution >= 4 is 5.90 Å². The Bertz CT molecular complexity index is 236. The molecular weight excluding hydrogens is 150 g/mol. The van der Waals surface area contributed by atoms with Gasteiger partial charge in [0.25, 0.3) is 0 Å². The van der Waals surface area contributed by atoms with Crippen molar-refractivity contribution in [3.8, 4) is 0 Å². The van der Waals surface area contributed by atoms with E-state index in [2.05, 4.69) is 18.8 Å². The van der Waals surface area contributed by atoms with Gasteiger partial charge in [-0.15, -0.1) is 0 Å². The molecule has 1 rings (SSSR count). The SMILES string of the molecule is C/C=C/C=C/C1=NC(C)(C)CO1. The summed E-state index contributed by atoms with van der Waals surface area (Å²) in [5.74, 6) is 0.734. The molecule has 0 fully saturated rings. The molecule has 2 nitrogen and oxygen atoms in total. The zero-order valence-corrected chi connectivity index (χ0v) is 7.87. The number of nitrogens with zero attached hydrogens (tertiary/aromatic N) is 1. The highest BCUT2D eigenvalue weighted by atomic mass is 16.5. The molecule has 0 aromatic heterocycles. The van der Waals surface area contributed by atoms with Gasteiger partial charge in [0, 0.05) is 0 Å². The summed E-state index contributed by atoms with van der Waals surface area (Å²) in [6.45, 7) is 6.78. The summed E-state index contributed by atoms with van der Waals surface area (Å²) < 4.78 is 5.34. The fourth-order valence-electron chi connectivity index (χ4n) is 0.948. The van der Waals surface area contributed by atoms with E-state index in [9.17, 15) is 0 Å². The van der Waals surface area contributed by atoms with Crippen molar-refractivity contribution in [2.75, 3.05) is 6.61 Å². The molecule has 0 saturated heterocycles. The number of allylic oxidation sites excluding steroid dienone is 3. The Morgan fingerprint density at radius 2 is 2.17 bits per heavy atom. The first-order chi connectivity index (χ1) is 5.64. The van der Waals surface area contributed by atoms with Crippen molar-refractivity contribution in [3.05, 3.63) is 24.3 Å². The van der Waals surface area contributed by atoms with Gasteiger partial charge in [-0.1, -0.05) is 18.2 Å². The first-order valence-electron chi connectivity index (χ1n) is 4.16. The van der Waals surface area contributed by atoms with Gasteiger partial charge < -0.3 is 4.74 Å². The molecule has 1 aliphatic rings. The molecule has 0 N–H and O–H groups in total. The molecule has 0 radical (unpaired) electrons. The second-order valence-electron chi connectivity index (χ2n) is 3.44. The molecule has 1 heterocycles. The van der Waals surface area contributed by atoms with Crippen LogP contribution in [0.4, 0.5) is 0 Å². The van der Waals surface area contributed by atoms with Crippen LogP contribution in [0.3, 0.4) is 0 Å². The molecule has 0 aliphatic carbocycles. The van der Waals surface area contributed by atoms with Gasteiger partial charge in [-0.2, -0.15) is 0 Å². The number of ether oxygens (including phenoxy) is 1. The van der Waals surface area contributed by atoms with E-state index < -0.39 is 0 Å². The lowest BCUT2D eigenvalue weighted by atomic mass is 10.1. The lowest BCUT2D eigenvalue weighted by Crippen LogP contribution is -2.17. The highest BCUT2D eigenvalue weighted by molar-refractivity contribution is 5.89. The largest absolute Gasteiger partial charge is 0.475 e. The number of hydrogen-bond acceptors (Lipinski definition) is 2. The van der Waals surface area contributed by atoms with Gasteiger partial charge in [0.2, 0.25) is 5.90 Å². The molecule has 0 bridgehead atoms. The van der Waals surface area contributed by atoms with Crippen LogP contribution >= 0.6 is 0 Å². The van der Waals surface area contributed by atoms with Crippen molar-refractivity contribution in [1.29, 1.82) is 0 Å². The van der Waals surface area contributed by atoms with Crippen LogP contribution in [0.15, 0.2) is 29.3 Å². The average molecular weight is 165 g/mol.